The molecule has 2 fully saturated rings. The molecule has 3 heteroatoms. The van der Waals surface area contributed by atoms with Crippen LogP contribution >= 0.6 is 11.6 Å². The third-order valence-electron chi connectivity index (χ3n) is 5.46. The average Bonchev–Trinajstić information content (AvgIpc) is 2.56. The zero-order chi connectivity index (χ0) is 15.4. The minimum Gasteiger partial charge on any atom is -0.496 e. The van der Waals surface area contributed by atoms with Gasteiger partial charge in [-0.2, -0.15) is 0 Å². The number of halogens is 1. The molecule has 1 aromatic rings. The van der Waals surface area contributed by atoms with Crippen molar-refractivity contribution in [3.05, 3.63) is 28.8 Å². The first kappa shape index (κ1) is 16.1. The SMILES string of the molecule is COc1ccc(Cl)cc1C1CCN(CC2CCCCC2)CC1. The molecular formula is C19H28ClNO. The van der Waals surface area contributed by atoms with Gasteiger partial charge in [0.25, 0.3) is 0 Å². The molecule has 3 rings (SSSR count). The predicted molar refractivity (Wildman–Crippen MR) is 93.0 cm³/mol. The van der Waals surface area contributed by atoms with E-state index in [0.717, 1.165) is 16.7 Å². The van der Waals surface area contributed by atoms with Gasteiger partial charge in [0.2, 0.25) is 0 Å². The minimum absolute atomic E-state index is 0.594. The molecule has 0 aromatic heterocycles. The third kappa shape index (κ3) is 3.97. The van der Waals surface area contributed by atoms with Crippen LogP contribution in [0.25, 0.3) is 0 Å². The highest BCUT2D eigenvalue weighted by Gasteiger charge is 2.25. The van der Waals surface area contributed by atoms with Crippen molar-refractivity contribution < 1.29 is 4.74 Å². The van der Waals surface area contributed by atoms with E-state index in [4.69, 9.17) is 16.3 Å². The van der Waals surface area contributed by atoms with Crippen LogP contribution < -0.4 is 4.74 Å². The molecule has 0 amide bonds. The summed E-state index contributed by atoms with van der Waals surface area (Å²) >= 11 is 6.18. The van der Waals surface area contributed by atoms with Crippen molar-refractivity contribution in [2.45, 2.75) is 50.9 Å². The number of ether oxygens (including phenoxy) is 1. The second kappa shape index (κ2) is 7.70. The number of rotatable bonds is 4. The fourth-order valence-electron chi connectivity index (χ4n) is 4.19. The van der Waals surface area contributed by atoms with Crippen LogP contribution in [0.5, 0.6) is 5.75 Å². The van der Waals surface area contributed by atoms with Gasteiger partial charge in [0.1, 0.15) is 5.75 Å². The molecule has 2 aliphatic rings. The van der Waals surface area contributed by atoms with Crippen molar-refractivity contribution in [1.82, 2.24) is 4.90 Å². The van der Waals surface area contributed by atoms with Crippen LogP contribution in [0.2, 0.25) is 5.02 Å². The van der Waals surface area contributed by atoms with Crippen molar-refractivity contribution in [3.8, 4) is 5.75 Å². The summed E-state index contributed by atoms with van der Waals surface area (Å²) in [4.78, 5) is 2.68. The molecule has 122 valence electrons. The van der Waals surface area contributed by atoms with Gasteiger partial charge >= 0.3 is 0 Å². The Morgan fingerprint density at radius 1 is 1.09 bits per heavy atom. The lowest BCUT2D eigenvalue weighted by molar-refractivity contribution is 0.163. The van der Waals surface area contributed by atoms with Gasteiger partial charge in [-0.05, 0) is 74.4 Å². The third-order valence-corrected chi connectivity index (χ3v) is 5.70. The Balaban J connectivity index is 1.56. The number of piperidine rings is 1. The van der Waals surface area contributed by atoms with Gasteiger partial charge in [-0.15, -0.1) is 0 Å². The number of hydrogen-bond acceptors (Lipinski definition) is 2. The molecule has 0 atom stereocenters. The highest BCUT2D eigenvalue weighted by Crippen LogP contribution is 2.36. The maximum absolute atomic E-state index is 6.18. The van der Waals surface area contributed by atoms with Gasteiger partial charge in [0.05, 0.1) is 7.11 Å². The van der Waals surface area contributed by atoms with E-state index in [1.54, 1.807) is 7.11 Å². The highest BCUT2D eigenvalue weighted by molar-refractivity contribution is 6.30. The Kier molecular flexibility index (Phi) is 5.65. The van der Waals surface area contributed by atoms with Gasteiger partial charge in [-0.3, -0.25) is 0 Å². The smallest absolute Gasteiger partial charge is 0.122 e. The number of benzene rings is 1. The highest BCUT2D eigenvalue weighted by atomic mass is 35.5. The lowest BCUT2D eigenvalue weighted by atomic mass is 9.86. The molecule has 0 radical (unpaired) electrons. The lowest BCUT2D eigenvalue weighted by Crippen LogP contribution is -2.37. The molecule has 22 heavy (non-hydrogen) atoms. The molecule has 0 N–H and O–H groups in total. The summed E-state index contributed by atoms with van der Waals surface area (Å²) in [7, 11) is 1.75. The fraction of sp³-hybridized carbons (Fsp3) is 0.684. The van der Waals surface area contributed by atoms with Gasteiger partial charge < -0.3 is 9.64 Å². The summed E-state index contributed by atoms with van der Waals surface area (Å²) in [5, 5.41) is 0.820. The lowest BCUT2D eigenvalue weighted by Gasteiger charge is -2.35. The van der Waals surface area contributed by atoms with Crippen LogP contribution in [-0.4, -0.2) is 31.6 Å². The first-order valence-corrected chi connectivity index (χ1v) is 9.20. The van der Waals surface area contributed by atoms with Gasteiger partial charge in [0, 0.05) is 11.6 Å². The molecule has 0 spiro atoms. The Hall–Kier alpha value is -0.730. The van der Waals surface area contributed by atoms with E-state index in [1.807, 2.05) is 12.1 Å². The van der Waals surface area contributed by atoms with Crippen molar-refractivity contribution in [2.24, 2.45) is 5.92 Å². The summed E-state index contributed by atoms with van der Waals surface area (Å²) < 4.78 is 5.53. The van der Waals surface area contributed by atoms with Crippen molar-refractivity contribution in [3.63, 3.8) is 0 Å². The standard InChI is InChI=1S/C19H28ClNO/c1-22-19-8-7-17(20)13-18(19)16-9-11-21(12-10-16)14-15-5-3-2-4-6-15/h7-8,13,15-16H,2-6,9-12,14H2,1H3. The monoisotopic (exact) mass is 321 g/mol. The average molecular weight is 322 g/mol. The maximum Gasteiger partial charge on any atom is 0.122 e. The first-order chi connectivity index (χ1) is 10.8. The number of nitrogens with zero attached hydrogens (tertiary/aromatic N) is 1. The Morgan fingerprint density at radius 2 is 1.82 bits per heavy atom. The molecule has 1 heterocycles. The van der Waals surface area contributed by atoms with Crippen LogP contribution in [0.1, 0.15) is 56.4 Å². The van der Waals surface area contributed by atoms with E-state index in [2.05, 4.69) is 11.0 Å². The summed E-state index contributed by atoms with van der Waals surface area (Å²) in [5.74, 6) is 2.54. The normalized spacial score (nSPS) is 21.9. The largest absolute Gasteiger partial charge is 0.496 e. The van der Waals surface area contributed by atoms with Gasteiger partial charge in [0.15, 0.2) is 0 Å². The predicted octanol–water partition coefficient (Wildman–Crippen LogP) is 5.11. The number of hydrogen-bond donors (Lipinski definition) is 0. The molecule has 1 aliphatic heterocycles. The Morgan fingerprint density at radius 3 is 2.50 bits per heavy atom. The van der Waals surface area contributed by atoms with E-state index >= 15 is 0 Å². The molecule has 1 saturated heterocycles. The molecule has 0 bridgehead atoms. The van der Waals surface area contributed by atoms with Crippen molar-refractivity contribution >= 4 is 11.6 Å². The molecule has 2 nitrogen and oxygen atoms in total. The number of methoxy groups -OCH3 is 1. The van der Waals surface area contributed by atoms with E-state index < -0.39 is 0 Å². The van der Waals surface area contributed by atoms with Gasteiger partial charge in [-0.1, -0.05) is 30.9 Å². The zero-order valence-corrected chi connectivity index (χ0v) is 14.4. The Bertz CT molecular complexity index is 476. The van der Waals surface area contributed by atoms with E-state index in [1.165, 1.54) is 70.1 Å². The zero-order valence-electron chi connectivity index (χ0n) is 13.7. The summed E-state index contributed by atoms with van der Waals surface area (Å²) in [6, 6.07) is 6.02. The van der Waals surface area contributed by atoms with Crippen molar-refractivity contribution in [2.75, 3.05) is 26.7 Å². The van der Waals surface area contributed by atoms with E-state index in [-0.39, 0.29) is 0 Å². The summed E-state index contributed by atoms with van der Waals surface area (Å²) in [6.07, 6.45) is 9.69. The van der Waals surface area contributed by atoms with Crippen LogP contribution in [-0.2, 0) is 0 Å². The molecule has 0 unspecified atom stereocenters. The quantitative estimate of drug-likeness (QED) is 0.764. The van der Waals surface area contributed by atoms with Crippen LogP contribution in [0.3, 0.4) is 0 Å². The molecule has 1 aliphatic carbocycles. The second-order valence-corrected chi connectivity index (χ2v) is 7.40. The van der Waals surface area contributed by atoms with E-state index in [0.29, 0.717) is 5.92 Å². The molecule has 1 aromatic carbocycles. The maximum atomic E-state index is 6.18. The number of likely N-dealkylation sites (tertiary alicyclic amines) is 1. The summed E-state index contributed by atoms with van der Waals surface area (Å²) in [5.41, 5.74) is 1.30. The Labute approximate surface area is 139 Å². The second-order valence-electron chi connectivity index (χ2n) is 6.97. The van der Waals surface area contributed by atoms with E-state index in [9.17, 15) is 0 Å². The van der Waals surface area contributed by atoms with Crippen LogP contribution in [0.4, 0.5) is 0 Å². The minimum atomic E-state index is 0.594. The topological polar surface area (TPSA) is 12.5 Å². The molecular weight excluding hydrogens is 294 g/mol. The van der Waals surface area contributed by atoms with Crippen LogP contribution in [0.15, 0.2) is 18.2 Å². The van der Waals surface area contributed by atoms with Crippen molar-refractivity contribution in [1.29, 1.82) is 0 Å². The van der Waals surface area contributed by atoms with Crippen LogP contribution in [0, 0.1) is 5.92 Å². The fourth-order valence-corrected chi connectivity index (χ4v) is 4.37. The molecule has 1 saturated carbocycles. The first-order valence-electron chi connectivity index (χ1n) is 8.82. The summed E-state index contributed by atoms with van der Waals surface area (Å²) in [6.45, 7) is 3.76. The van der Waals surface area contributed by atoms with Gasteiger partial charge in [-0.25, -0.2) is 0 Å².